The molecule has 18 heavy (non-hydrogen) atoms. The summed E-state index contributed by atoms with van der Waals surface area (Å²) in [6, 6.07) is 0. The highest BCUT2D eigenvalue weighted by molar-refractivity contribution is 5.69. The van der Waals surface area contributed by atoms with Crippen molar-refractivity contribution in [3.8, 4) is 0 Å². The number of nitrogens with one attached hydrogen (secondary N) is 1. The van der Waals surface area contributed by atoms with Crippen molar-refractivity contribution < 1.29 is 14.3 Å². The third-order valence-corrected chi connectivity index (χ3v) is 4.34. The predicted octanol–water partition coefficient (Wildman–Crippen LogP) is 1.23. The highest BCUT2D eigenvalue weighted by atomic mass is 16.6. The first-order chi connectivity index (χ1) is 8.42. The summed E-state index contributed by atoms with van der Waals surface area (Å²) in [7, 11) is 1.73. The molecule has 0 spiro atoms. The van der Waals surface area contributed by atoms with Crippen molar-refractivity contribution in [2.24, 2.45) is 5.92 Å². The zero-order valence-corrected chi connectivity index (χ0v) is 11.8. The van der Waals surface area contributed by atoms with Gasteiger partial charge in [-0.05, 0) is 20.3 Å². The van der Waals surface area contributed by atoms with Gasteiger partial charge in [-0.15, -0.1) is 0 Å². The van der Waals surface area contributed by atoms with Gasteiger partial charge < -0.3 is 19.7 Å². The molecule has 1 N–H and O–H groups in total. The highest BCUT2D eigenvalue weighted by Crippen LogP contribution is 2.34. The molecule has 5 heteroatoms. The molecule has 0 aliphatic carbocycles. The molecular weight excluding hydrogens is 232 g/mol. The van der Waals surface area contributed by atoms with Crippen molar-refractivity contribution in [2.75, 3.05) is 33.3 Å². The number of fused-ring (bicyclic) bond motifs is 1. The van der Waals surface area contributed by atoms with E-state index in [-0.39, 0.29) is 11.7 Å². The molecule has 0 unspecified atom stereocenters. The van der Waals surface area contributed by atoms with E-state index in [1.807, 2.05) is 20.8 Å². The minimum absolute atomic E-state index is 0.213. The van der Waals surface area contributed by atoms with E-state index in [1.165, 1.54) is 0 Å². The van der Waals surface area contributed by atoms with Crippen LogP contribution < -0.4 is 5.32 Å². The summed E-state index contributed by atoms with van der Waals surface area (Å²) in [6.07, 6.45) is 0.597. The van der Waals surface area contributed by atoms with Gasteiger partial charge in [-0.1, -0.05) is 6.92 Å². The van der Waals surface area contributed by atoms with Crippen molar-refractivity contribution >= 4 is 6.09 Å². The Kier molecular flexibility index (Phi) is 3.56. The molecular formula is C13H24N2O3. The van der Waals surface area contributed by atoms with Gasteiger partial charge in [0.05, 0.1) is 6.54 Å². The van der Waals surface area contributed by atoms with Gasteiger partial charge in [-0.2, -0.15) is 0 Å². The van der Waals surface area contributed by atoms with Crippen LogP contribution in [0.25, 0.3) is 0 Å². The molecule has 0 aromatic carbocycles. The zero-order valence-electron chi connectivity index (χ0n) is 11.8. The number of carbonyl (C=O) groups excluding carboxylic acids is 1. The number of nitrogens with zero attached hydrogens (tertiary/aromatic N) is 1. The Morgan fingerprint density at radius 3 is 2.83 bits per heavy atom. The number of methoxy groups -OCH3 is 1. The molecule has 104 valence electrons. The Bertz CT molecular complexity index is 332. The molecule has 2 saturated heterocycles. The van der Waals surface area contributed by atoms with E-state index in [0.717, 1.165) is 26.1 Å². The van der Waals surface area contributed by atoms with Crippen LogP contribution in [-0.2, 0) is 9.47 Å². The van der Waals surface area contributed by atoms with Gasteiger partial charge in [0.25, 0.3) is 0 Å². The summed E-state index contributed by atoms with van der Waals surface area (Å²) in [5, 5.41) is 3.33. The highest BCUT2D eigenvalue weighted by Gasteiger charge is 2.52. The van der Waals surface area contributed by atoms with E-state index in [1.54, 1.807) is 12.0 Å². The molecule has 0 aromatic heterocycles. The number of likely N-dealkylation sites (tertiary alicyclic amines) is 1. The minimum Gasteiger partial charge on any atom is -0.443 e. The summed E-state index contributed by atoms with van der Waals surface area (Å²) in [4.78, 5) is 13.9. The molecule has 1 amide bonds. The number of ether oxygens (including phenoxy) is 2. The first kappa shape index (κ1) is 13.6. The summed E-state index contributed by atoms with van der Waals surface area (Å²) >= 11 is 0. The van der Waals surface area contributed by atoms with Crippen molar-refractivity contribution in [1.82, 2.24) is 10.2 Å². The normalized spacial score (nSPS) is 31.6. The largest absolute Gasteiger partial charge is 0.443 e. The third-order valence-electron chi connectivity index (χ3n) is 4.34. The van der Waals surface area contributed by atoms with Crippen LogP contribution in [0.4, 0.5) is 4.79 Å². The van der Waals surface area contributed by atoms with Gasteiger partial charge in [0.15, 0.2) is 0 Å². The lowest BCUT2D eigenvalue weighted by molar-refractivity contribution is -0.0140. The third kappa shape index (κ3) is 2.34. The van der Waals surface area contributed by atoms with Crippen LogP contribution in [0.1, 0.15) is 27.2 Å². The monoisotopic (exact) mass is 256 g/mol. The van der Waals surface area contributed by atoms with E-state index >= 15 is 0 Å². The number of amides is 1. The quantitative estimate of drug-likeness (QED) is 0.825. The van der Waals surface area contributed by atoms with Crippen molar-refractivity contribution in [2.45, 2.75) is 38.4 Å². The number of hydrogen-bond donors (Lipinski definition) is 1. The van der Waals surface area contributed by atoms with Gasteiger partial charge >= 0.3 is 6.09 Å². The average Bonchev–Trinajstić information content (AvgIpc) is 2.84. The van der Waals surface area contributed by atoms with Crippen LogP contribution in [0, 0.1) is 5.92 Å². The molecule has 0 bridgehead atoms. The molecule has 2 atom stereocenters. The maximum atomic E-state index is 12.1. The first-order valence-electron chi connectivity index (χ1n) is 6.66. The maximum Gasteiger partial charge on any atom is 0.410 e. The fraction of sp³-hybridized carbons (Fsp3) is 0.923. The summed E-state index contributed by atoms with van der Waals surface area (Å²) in [6.45, 7) is 8.97. The molecule has 2 fully saturated rings. The van der Waals surface area contributed by atoms with Gasteiger partial charge in [0.1, 0.15) is 11.2 Å². The number of hydrogen-bond acceptors (Lipinski definition) is 4. The fourth-order valence-electron chi connectivity index (χ4n) is 2.67. The molecule has 2 aliphatic rings. The van der Waals surface area contributed by atoms with Crippen LogP contribution in [0.2, 0.25) is 0 Å². The van der Waals surface area contributed by atoms with Crippen LogP contribution >= 0.6 is 0 Å². The molecule has 2 heterocycles. The van der Waals surface area contributed by atoms with Crippen LogP contribution in [-0.4, -0.2) is 55.5 Å². The van der Waals surface area contributed by atoms with Crippen molar-refractivity contribution in [3.05, 3.63) is 0 Å². The summed E-state index contributed by atoms with van der Waals surface area (Å²) in [5.74, 6) is 0.375. The summed E-state index contributed by atoms with van der Waals surface area (Å²) < 4.78 is 11.2. The molecule has 2 aliphatic heterocycles. The van der Waals surface area contributed by atoms with E-state index in [0.29, 0.717) is 12.5 Å². The van der Waals surface area contributed by atoms with Crippen LogP contribution in [0.5, 0.6) is 0 Å². The standard InChI is InChI=1S/C13H24N2O3/c1-5-12(2,3)18-11(16)15-7-10-6-14-8-13(10,9-15)17-4/h10,14H,5-9H2,1-4H3/t10-,13-/m1/s1. The molecule has 2 rings (SSSR count). The second kappa shape index (κ2) is 4.70. The second-order valence-corrected chi connectivity index (χ2v) is 5.96. The smallest absolute Gasteiger partial charge is 0.410 e. The van der Waals surface area contributed by atoms with Gasteiger partial charge in [-0.25, -0.2) is 4.79 Å². The van der Waals surface area contributed by atoms with Crippen LogP contribution in [0.15, 0.2) is 0 Å². The van der Waals surface area contributed by atoms with Gasteiger partial charge in [0, 0.05) is 32.7 Å². The Labute approximate surface area is 109 Å². The zero-order chi connectivity index (χ0) is 13.4. The lowest BCUT2D eigenvalue weighted by Gasteiger charge is -2.28. The number of rotatable bonds is 3. The Morgan fingerprint density at radius 2 is 2.28 bits per heavy atom. The van der Waals surface area contributed by atoms with Crippen molar-refractivity contribution in [1.29, 1.82) is 0 Å². The lowest BCUT2D eigenvalue weighted by atomic mass is 9.95. The minimum atomic E-state index is -0.396. The van der Waals surface area contributed by atoms with Crippen LogP contribution in [0.3, 0.4) is 0 Å². The van der Waals surface area contributed by atoms with Gasteiger partial charge in [0.2, 0.25) is 0 Å². The molecule has 5 nitrogen and oxygen atoms in total. The van der Waals surface area contributed by atoms with E-state index in [9.17, 15) is 4.79 Å². The second-order valence-electron chi connectivity index (χ2n) is 5.96. The SMILES string of the molecule is CCC(C)(C)OC(=O)N1C[C@H]2CNC[C@@]2(OC)C1. The Hall–Kier alpha value is -0.810. The lowest BCUT2D eigenvalue weighted by Crippen LogP contribution is -2.43. The number of carbonyl (C=O) groups is 1. The maximum absolute atomic E-state index is 12.1. The first-order valence-corrected chi connectivity index (χ1v) is 6.66. The Balaban J connectivity index is 1.99. The molecule has 0 radical (unpaired) electrons. The predicted molar refractivity (Wildman–Crippen MR) is 68.5 cm³/mol. The fourth-order valence-corrected chi connectivity index (χ4v) is 2.67. The van der Waals surface area contributed by atoms with E-state index in [4.69, 9.17) is 9.47 Å². The van der Waals surface area contributed by atoms with E-state index in [2.05, 4.69) is 5.32 Å². The van der Waals surface area contributed by atoms with Crippen molar-refractivity contribution in [3.63, 3.8) is 0 Å². The molecule has 0 aromatic rings. The average molecular weight is 256 g/mol. The Morgan fingerprint density at radius 1 is 1.56 bits per heavy atom. The van der Waals surface area contributed by atoms with Gasteiger partial charge in [-0.3, -0.25) is 0 Å². The topological polar surface area (TPSA) is 50.8 Å². The van der Waals surface area contributed by atoms with E-state index < -0.39 is 5.60 Å². The summed E-state index contributed by atoms with van der Waals surface area (Å²) in [5.41, 5.74) is -0.608. The molecule has 0 saturated carbocycles.